The number of hydrogen-bond donors (Lipinski definition) is 2. The Kier molecular flexibility index (Phi) is 15.1. The van der Waals surface area contributed by atoms with E-state index in [2.05, 4.69) is 72.2 Å². The molecular formula is C56H74N10O7. The van der Waals surface area contributed by atoms with Crippen LogP contribution in [-0.4, -0.2) is 159 Å². The lowest BCUT2D eigenvalue weighted by Gasteiger charge is -2.62. The first-order valence-corrected chi connectivity index (χ1v) is 25.8. The number of aryl methyl sites for hydroxylation is 1. The highest BCUT2D eigenvalue weighted by Gasteiger charge is 2.57. The normalized spacial score (nSPS) is 20.6. The molecule has 3 aromatic heterocycles. The molecule has 1 unspecified atom stereocenters. The number of benzene rings is 1. The Bertz CT molecular complexity index is 2840. The summed E-state index contributed by atoms with van der Waals surface area (Å²) in [6.45, 7) is 18.3. The van der Waals surface area contributed by atoms with E-state index in [0.717, 1.165) is 45.4 Å². The molecule has 17 heteroatoms. The molecule has 8 rings (SSSR count). The monoisotopic (exact) mass is 999 g/mol. The molecule has 1 spiro atoms. The fourth-order valence-electron chi connectivity index (χ4n) is 10.7. The standard InChI is InChI=1S/C56H74N10O7/c1-13-64-45-22-21-37-29-40(45)41(49(64)39-18-15-26-57-47(39)36(4)72-12)31-54(5,6)34-73-52(70)43-20-16-27-66(60-43)51(69)44(30-38-17-14-19-42(37)58-38)59-50(68)48(35(2)3)62(11)53(71)65-28-25-56(65)32-63(33-56)46(67)23-24-55(7,8)61(9)10/h14-15,17-19,21-22,26,29,35-36,43-44,48,60H,13,16,20,25,27-28,30-34H2,1-12H3,(H,59,68)/t36-,43-,44-,48?/m0/s1. The molecule has 4 aliphatic heterocycles. The number of cyclic esters (lactones) is 1. The number of likely N-dealkylation sites (tertiary alicyclic amines) is 2. The van der Waals surface area contributed by atoms with E-state index in [1.165, 1.54) is 9.91 Å². The third-order valence-electron chi connectivity index (χ3n) is 15.5. The summed E-state index contributed by atoms with van der Waals surface area (Å²) >= 11 is 0. The van der Waals surface area contributed by atoms with E-state index in [1.807, 2.05) is 77.9 Å². The zero-order valence-electron chi connectivity index (χ0n) is 44.8. The van der Waals surface area contributed by atoms with Crippen LogP contribution < -0.4 is 10.7 Å². The fraction of sp³-hybridized carbons (Fsp3) is 0.554. The minimum atomic E-state index is -1.13. The molecule has 0 radical (unpaired) electrons. The van der Waals surface area contributed by atoms with Crippen LogP contribution in [-0.2, 0) is 48.0 Å². The molecule has 4 atom stereocenters. The van der Waals surface area contributed by atoms with Crippen molar-refractivity contribution in [2.24, 2.45) is 11.3 Å². The topological polar surface area (TPSA) is 175 Å². The van der Waals surface area contributed by atoms with Crippen molar-refractivity contribution in [2.45, 2.75) is 129 Å². The maximum atomic E-state index is 14.8. The third kappa shape index (κ3) is 10.6. The van der Waals surface area contributed by atoms with Crippen molar-refractivity contribution in [1.29, 1.82) is 0 Å². The number of likely N-dealkylation sites (N-methyl/N-ethyl adjacent to an activating group) is 1. The number of esters is 1. The summed E-state index contributed by atoms with van der Waals surface area (Å²) < 4.78 is 14.3. The van der Waals surface area contributed by atoms with E-state index < -0.39 is 52.4 Å². The Morgan fingerprint density at radius 3 is 2.47 bits per heavy atom. The molecule has 3 fully saturated rings. The molecule has 7 heterocycles. The molecule has 3 saturated heterocycles. The predicted octanol–water partition coefficient (Wildman–Crippen LogP) is 5.85. The van der Waals surface area contributed by atoms with Crippen LogP contribution >= 0.6 is 0 Å². The SMILES string of the molecule is CCn1c(-c2cccnc2[C@H](C)OC)c2c3cc(ccc31)-c1cccc(n1)C[C@H](NC(=O)C(C(C)C)N(C)C(=O)N1CCC13CN(C(=O)C#CC(C)(C)N(C)C)C3)C(=O)N1CCC[C@H](N1)C(=O)OCC(C)(C)C2. The summed E-state index contributed by atoms with van der Waals surface area (Å²) in [5.41, 5.74) is 8.71. The summed E-state index contributed by atoms with van der Waals surface area (Å²) in [7, 11) is 7.12. The summed E-state index contributed by atoms with van der Waals surface area (Å²) in [6, 6.07) is 12.9. The molecule has 6 bridgehead atoms. The van der Waals surface area contributed by atoms with Crippen molar-refractivity contribution >= 4 is 40.6 Å². The van der Waals surface area contributed by atoms with Crippen molar-refractivity contribution in [3.8, 4) is 34.4 Å². The number of methoxy groups -OCH3 is 1. The lowest BCUT2D eigenvalue weighted by Crippen LogP contribution is -2.79. The maximum absolute atomic E-state index is 14.8. The quantitative estimate of drug-likeness (QED) is 0.152. The molecule has 17 nitrogen and oxygen atoms in total. The van der Waals surface area contributed by atoms with Gasteiger partial charge in [0.2, 0.25) is 5.91 Å². The summed E-state index contributed by atoms with van der Waals surface area (Å²) in [4.78, 5) is 87.8. The highest BCUT2D eigenvalue weighted by Crippen LogP contribution is 2.43. The Hall–Kier alpha value is -6.35. The number of nitrogens with zero attached hydrogens (tertiary/aromatic N) is 8. The van der Waals surface area contributed by atoms with Gasteiger partial charge in [0, 0.05) is 92.6 Å². The van der Waals surface area contributed by atoms with Crippen LogP contribution in [0, 0.1) is 23.2 Å². The highest BCUT2D eigenvalue weighted by atomic mass is 16.5. The van der Waals surface area contributed by atoms with E-state index in [-0.39, 0.29) is 37.0 Å². The number of fused-ring (bicyclic) bond motifs is 6. The Morgan fingerprint density at radius 1 is 1.04 bits per heavy atom. The Morgan fingerprint density at radius 2 is 1.79 bits per heavy atom. The molecule has 1 aromatic carbocycles. The van der Waals surface area contributed by atoms with Gasteiger partial charge in [-0.25, -0.2) is 10.2 Å². The van der Waals surface area contributed by atoms with Crippen molar-refractivity contribution < 1.29 is 33.4 Å². The number of aromatic nitrogens is 3. The van der Waals surface area contributed by atoms with Gasteiger partial charge in [-0.2, -0.15) is 0 Å². The van der Waals surface area contributed by atoms with Crippen LogP contribution in [0.3, 0.4) is 0 Å². The van der Waals surface area contributed by atoms with Crippen LogP contribution in [0.5, 0.6) is 0 Å². The zero-order chi connectivity index (χ0) is 52.7. The highest BCUT2D eigenvalue weighted by molar-refractivity contribution is 5.97. The molecule has 390 valence electrons. The van der Waals surface area contributed by atoms with Crippen molar-refractivity contribution in [3.05, 3.63) is 71.7 Å². The first kappa shape index (κ1) is 53.0. The molecular weight excluding hydrogens is 925 g/mol. The van der Waals surface area contributed by atoms with E-state index in [1.54, 1.807) is 30.2 Å². The summed E-state index contributed by atoms with van der Waals surface area (Å²) in [5.74, 6) is 3.83. The second kappa shape index (κ2) is 20.9. The van der Waals surface area contributed by atoms with E-state index in [9.17, 15) is 24.0 Å². The summed E-state index contributed by atoms with van der Waals surface area (Å²) in [5, 5.41) is 5.51. The second-order valence-corrected chi connectivity index (χ2v) is 22.2. The Labute approximate surface area is 430 Å². The lowest BCUT2D eigenvalue weighted by molar-refractivity contribution is -0.155. The number of hydrogen-bond acceptors (Lipinski definition) is 11. The smallest absolute Gasteiger partial charge is 0.324 e. The molecule has 0 aliphatic carbocycles. The van der Waals surface area contributed by atoms with Gasteiger partial charge in [-0.05, 0) is 121 Å². The van der Waals surface area contributed by atoms with Gasteiger partial charge in [-0.1, -0.05) is 45.7 Å². The number of carbonyl (C=O) groups excluding carboxylic acids is 5. The molecule has 0 saturated carbocycles. The van der Waals surface area contributed by atoms with Crippen molar-refractivity contribution in [2.75, 3.05) is 61.0 Å². The van der Waals surface area contributed by atoms with Gasteiger partial charge in [0.05, 0.1) is 40.9 Å². The van der Waals surface area contributed by atoms with Crippen LogP contribution in [0.2, 0.25) is 0 Å². The minimum absolute atomic E-state index is 0.0292. The number of hydrazine groups is 1. The number of rotatable bonds is 9. The molecule has 2 N–H and O–H groups in total. The molecule has 73 heavy (non-hydrogen) atoms. The number of amides is 5. The number of nitrogens with one attached hydrogen (secondary N) is 2. The number of urea groups is 1. The first-order chi connectivity index (χ1) is 34.6. The predicted molar refractivity (Wildman–Crippen MR) is 279 cm³/mol. The van der Waals surface area contributed by atoms with Gasteiger partial charge in [-0.3, -0.25) is 39.1 Å². The second-order valence-electron chi connectivity index (χ2n) is 22.2. The van der Waals surface area contributed by atoms with Crippen LogP contribution in [0.15, 0.2) is 54.7 Å². The van der Waals surface area contributed by atoms with Crippen molar-refractivity contribution in [1.82, 2.24) is 49.9 Å². The molecule has 4 aromatic rings. The van der Waals surface area contributed by atoms with E-state index in [0.29, 0.717) is 63.4 Å². The summed E-state index contributed by atoms with van der Waals surface area (Å²) in [6.07, 6.45) is 3.82. The van der Waals surface area contributed by atoms with Gasteiger partial charge < -0.3 is 34.1 Å². The average molecular weight is 999 g/mol. The van der Waals surface area contributed by atoms with Crippen LogP contribution in [0.25, 0.3) is 33.4 Å². The number of pyridine rings is 2. The lowest BCUT2D eigenvalue weighted by atomic mass is 9.77. The van der Waals surface area contributed by atoms with Crippen molar-refractivity contribution in [3.63, 3.8) is 0 Å². The van der Waals surface area contributed by atoms with Gasteiger partial charge in [-0.15, -0.1) is 0 Å². The van der Waals surface area contributed by atoms with Crippen LogP contribution in [0.1, 0.15) is 97.7 Å². The van der Waals surface area contributed by atoms with Gasteiger partial charge >= 0.3 is 12.0 Å². The minimum Gasteiger partial charge on any atom is -0.464 e. The average Bonchev–Trinajstić information content (AvgIpc) is 3.64. The third-order valence-corrected chi connectivity index (χ3v) is 15.5. The van der Waals surface area contributed by atoms with Gasteiger partial charge in [0.1, 0.15) is 18.1 Å². The van der Waals surface area contributed by atoms with Gasteiger partial charge in [0.15, 0.2) is 0 Å². The maximum Gasteiger partial charge on any atom is 0.324 e. The fourth-order valence-corrected chi connectivity index (χ4v) is 10.7. The molecule has 4 aliphatic rings. The van der Waals surface area contributed by atoms with E-state index >= 15 is 0 Å². The number of ether oxygens (including phenoxy) is 2. The number of carbonyl (C=O) groups is 5. The zero-order valence-corrected chi connectivity index (χ0v) is 44.8. The Balaban J connectivity index is 1.11. The molecule has 5 amide bonds. The van der Waals surface area contributed by atoms with E-state index in [4.69, 9.17) is 19.4 Å². The van der Waals surface area contributed by atoms with Gasteiger partial charge in [0.25, 0.3) is 11.8 Å². The largest absolute Gasteiger partial charge is 0.464 e. The first-order valence-electron chi connectivity index (χ1n) is 25.8. The van der Waals surface area contributed by atoms with Crippen LogP contribution in [0.4, 0.5) is 4.79 Å².